The Morgan fingerprint density at radius 3 is 2.53 bits per heavy atom. The smallest absolute Gasteiger partial charge is 0.338 e. The fraction of sp³-hybridized carbons (Fsp3) is 0.318. The number of hydrogen-bond donors (Lipinski definition) is 2. The summed E-state index contributed by atoms with van der Waals surface area (Å²) in [6.07, 6.45) is 1.38. The van der Waals surface area contributed by atoms with Crippen LogP contribution in [0.2, 0.25) is 0 Å². The highest BCUT2D eigenvalue weighted by atomic mass is 16.5. The zero-order chi connectivity index (χ0) is 23.1. The van der Waals surface area contributed by atoms with Gasteiger partial charge in [-0.15, -0.1) is 0 Å². The van der Waals surface area contributed by atoms with Crippen molar-refractivity contribution in [3.8, 4) is 11.5 Å². The second-order valence-electron chi connectivity index (χ2n) is 6.69. The summed E-state index contributed by atoms with van der Waals surface area (Å²) >= 11 is 0. The van der Waals surface area contributed by atoms with Gasteiger partial charge in [-0.2, -0.15) is 0 Å². The number of urea groups is 1. The first-order valence-electron chi connectivity index (χ1n) is 9.84. The van der Waals surface area contributed by atoms with Gasteiger partial charge < -0.3 is 34.0 Å². The Balaban J connectivity index is 1.78. The van der Waals surface area contributed by atoms with Crippen LogP contribution in [0, 0.1) is 0 Å². The Labute approximate surface area is 184 Å². The van der Waals surface area contributed by atoms with E-state index in [1.807, 2.05) is 0 Å². The third-order valence-electron chi connectivity index (χ3n) is 4.65. The van der Waals surface area contributed by atoms with Crippen LogP contribution in [0.15, 0.2) is 52.3 Å². The molecule has 1 aliphatic rings. The predicted octanol–water partition coefficient (Wildman–Crippen LogP) is 2.25. The van der Waals surface area contributed by atoms with Gasteiger partial charge in [-0.25, -0.2) is 9.59 Å². The van der Waals surface area contributed by atoms with E-state index in [-0.39, 0.29) is 30.9 Å². The van der Waals surface area contributed by atoms with Crippen LogP contribution in [0.4, 0.5) is 4.79 Å². The van der Waals surface area contributed by atoms with Crippen LogP contribution in [0.25, 0.3) is 0 Å². The minimum atomic E-state index is -0.877. The minimum absolute atomic E-state index is 0.0455. The van der Waals surface area contributed by atoms with E-state index in [4.69, 9.17) is 23.4 Å². The van der Waals surface area contributed by atoms with E-state index in [1.165, 1.54) is 20.5 Å². The Bertz CT molecular complexity index is 1010. The van der Waals surface area contributed by atoms with Crippen molar-refractivity contribution >= 4 is 18.0 Å². The molecule has 1 aromatic carbocycles. The molecule has 32 heavy (non-hydrogen) atoms. The maximum absolute atomic E-state index is 12.6. The number of benzene rings is 1. The van der Waals surface area contributed by atoms with Crippen LogP contribution >= 0.6 is 0 Å². The van der Waals surface area contributed by atoms with Gasteiger partial charge in [0.1, 0.15) is 18.4 Å². The molecule has 2 amide bonds. The quantitative estimate of drug-likeness (QED) is 0.564. The molecule has 10 heteroatoms. The lowest BCUT2D eigenvalue weighted by Gasteiger charge is -2.27. The van der Waals surface area contributed by atoms with Gasteiger partial charge in [0.05, 0.1) is 44.8 Å². The first-order valence-corrected chi connectivity index (χ1v) is 9.84. The molecular weight excluding hydrogens is 420 g/mol. The number of rotatable bonds is 9. The van der Waals surface area contributed by atoms with E-state index in [2.05, 4.69) is 10.6 Å². The van der Waals surface area contributed by atoms with Crippen molar-refractivity contribution in [3.63, 3.8) is 0 Å². The molecule has 1 aliphatic heterocycles. The average molecular weight is 444 g/mol. The molecule has 3 rings (SSSR count). The zero-order valence-electron chi connectivity index (χ0n) is 17.9. The molecular formula is C22H24N2O8. The predicted molar refractivity (Wildman–Crippen MR) is 111 cm³/mol. The van der Waals surface area contributed by atoms with Crippen molar-refractivity contribution in [3.05, 3.63) is 59.2 Å². The molecule has 0 spiro atoms. The average Bonchev–Trinajstić information content (AvgIpc) is 3.32. The highest BCUT2D eigenvalue weighted by Crippen LogP contribution is 2.29. The number of hydrogen-bond acceptors (Lipinski definition) is 8. The summed E-state index contributed by atoms with van der Waals surface area (Å²) < 4.78 is 26.2. The Kier molecular flexibility index (Phi) is 7.37. The standard InChI is InChI=1S/C22H24N2O8/c1-4-30-21(26)19-14(23-22(27)24-20(19)16-6-5-9-31-16)12-32-18(25)11-13-7-8-15(28-2)17(10-13)29-3/h5-10,20H,4,11-12H2,1-3H3,(H2,23,24,27)/t20-/m0/s1. The molecule has 2 N–H and O–H groups in total. The number of amides is 2. The van der Waals surface area contributed by atoms with Gasteiger partial charge in [0.15, 0.2) is 11.5 Å². The van der Waals surface area contributed by atoms with Gasteiger partial charge >= 0.3 is 18.0 Å². The van der Waals surface area contributed by atoms with E-state index in [0.29, 0.717) is 22.8 Å². The molecule has 1 atom stereocenters. The first kappa shape index (κ1) is 22.7. The van der Waals surface area contributed by atoms with Crippen molar-refractivity contribution < 1.29 is 37.7 Å². The second kappa shape index (κ2) is 10.4. The number of carbonyl (C=O) groups excluding carboxylic acids is 3. The second-order valence-corrected chi connectivity index (χ2v) is 6.69. The summed E-state index contributed by atoms with van der Waals surface area (Å²) in [6.45, 7) is 1.47. The molecule has 0 bridgehead atoms. The van der Waals surface area contributed by atoms with Gasteiger partial charge in [-0.1, -0.05) is 6.07 Å². The van der Waals surface area contributed by atoms with E-state index < -0.39 is 24.0 Å². The van der Waals surface area contributed by atoms with Gasteiger partial charge in [-0.3, -0.25) is 4.79 Å². The number of furan rings is 1. The topological polar surface area (TPSA) is 125 Å². The van der Waals surface area contributed by atoms with Crippen LogP contribution in [-0.2, 0) is 25.5 Å². The lowest BCUT2D eigenvalue weighted by atomic mass is 10.0. The Morgan fingerprint density at radius 1 is 1.09 bits per heavy atom. The first-order chi connectivity index (χ1) is 15.5. The van der Waals surface area contributed by atoms with Crippen LogP contribution in [0.5, 0.6) is 11.5 Å². The van der Waals surface area contributed by atoms with E-state index in [9.17, 15) is 14.4 Å². The number of nitrogens with one attached hydrogen (secondary N) is 2. The molecule has 0 radical (unpaired) electrons. The van der Waals surface area contributed by atoms with Crippen molar-refractivity contribution in [1.29, 1.82) is 0 Å². The highest BCUT2D eigenvalue weighted by Gasteiger charge is 2.35. The van der Waals surface area contributed by atoms with Crippen molar-refractivity contribution in [2.45, 2.75) is 19.4 Å². The van der Waals surface area contributed by atoms with Crippen molar-refractivity contribution in [2.75, 3.05) is 27.4 Å². The SMILES string of the molecule is CCOC(=O)C1=C(COC(=O)Cc2ccc(OC)c(OC)c2)NC(=O)N[C@H]1c1ccco1. The van der Waals surface area contributed by atoms with Crippen LogP contribution in [-0.4, -0.2) is 45.4 Å². The summed E-state index contributed by atoms with van der Waals surface area (Å²) in [6, 6.07) is 6.88. The molecule has 1 aromatic heterocycles. The molecule has 2 aromatic rings. The third-order valence-corrected chi connectivity index (χ3v) is 4.65. The largest absolute Gasteiger partial charge is 0.493 e. The van der Waals surface area contributed by atoms with E-state index in [1.54, 1.807) is 37.3 Å². The Morgan fingerprint density at radius 2 is 1.88 bits per heavy atom. The molecule has 0 saturated carbocycles. The zero-order valence-corrected chi connectivity index (χ0v) is 17.9. The maximum atomic E-state index is 12.6. The molecule has 0 fully saturated rings. The van der Waals surface area contributed by atoms with E-state index in [0.717, 1.165) is 0 Å². The summed E-state index contributed by atoms with van der Waals surface area (Å²) in [5.74, 6) is 0.145. The lowest BCUT2D eigenvalue weighted by molar-refractivity contribution is -0.143. The summed E-state index contributed by atoms with van der Waals surface area (Å²) in [7, 11) is 3.02. The van der Waals surface area contributed by atoms with Gasteiger partial charge in [0.2, 0.25) is 0 Å². The summed E-state index contributed by atoms with van der Waals surface area (Å²) in [5.41, 5.74) is 0.865. The molecule has 0 unspecified atom stereocenters. The normalized spacial score (nSPS) is 15.5. The van der Waals surface area contributed by atoms with Crippen molar-refractivity contribution in [1.82, 2.24) is 10.6 Å². The summed E-state index contributed by atoms with van der Waals surface area (Å²) in [4.78, 5) is 37.2. The number of ether oxygens (including phenoxy) is 4. The highest BCUT2D eigenvalue weighted by molar-refractivity contribution is 5.95. The van der Waals surface area contributed by atoms with E-state index >= 15 is 0 Å². The maximum Gasteiger partial charge on any atom is 0.338 e. The minimum Gasteiger partial charge on any atom is -0.493 e. The summed E-state index contributed by atoms with van der Waals surface area (Å²) in [5, 5.41) is 5.14. The van der Waals surface area contributed by atoms with Crippen molar-refractivity contribution in [2.24, 2.45) is 0 Å². The van der Waals surface area contributed by atoms with Crippen LogP contribution in [0.3, 0.4) is 0 Å². The number of methoxy groups -OCH3 is 2. The number of carbonyl (C=O) groups is 3. The monoisotopic (exact) mass is 444 g/mol. The molecule has 10 nitrogen and oxygen atoms in total. The van der Waals surface area contributed by atoms with Gasteiger partial charge in [-0.05, 0) is 36.8 Å². The van der Waals surface area contributed by atoms with Gasteiger partial charge in [0.25, 0.3) is 0 Å². The molecule has 0 aliphatic carbocycles. The number of esters is 2. The fourth-order valence-corrected chi connectivity index (χ4v) is 3.21. The third kappa shape index (κ3) is 5.20. The molecule has 2 heterocycles. The molecule has 0 saturated heterocycles. The van der Waals surface area contributed by atoms with Crippen LogP contribution < -0.4 is 20.1 Å². The van der Waals surface area contributed by atoms with Crippen LogP contribution in [0.1, 0.15) is 24.3 Å². The molecule has 170 valence electrons. The Hall–Kier alpha value is -3.95. The van der Waals surface area contributed by atoms with Gasteiger partial charge in [0, 0.05) is 0 Å². The fourth-order valence-electron chi connectivity index (χ4n) is 3.21. The lowest BCUT2D eigenvalue weighted by Crippen LogP contribution is -2.47.